The summed E-state index contributed by atoms with van der Waals surface area (Å²) in [6, 6.07) is 6.10. The third-order valence-electron chi connectivity index (χ3n) is 1.70. The van der Waals surface area contributed by atoms with Crippen LogP contribution in [0.4, 0.5) is 4.39 Å². The van der Waals surface area contributed by atoms with Gasteiger partial charge in [0.2, 0.25) is 0 Å². The number of halogens is 1. The van der Waals surface area contributed by atoms with E-state index in [0.717, 1.165) is 11.4 Å². The summed E-state index contributed by atoms with van der Waals surface area (Å²) in [4.78, 5) is 0. The van der Waals surface area contributed by atoms with Crippen molar-refractivity contribution in [3.63, 3.8) is 0 Å². The van der Waals surface area contributed by atoms with Crippen molar-refractivity contribution in [2.75, 3.05) is 0 Å². The summed E-state index contributed by atoms with van der Waals surface area (Å²) in [5.41, 5.74) is 1.64. The van der Waals surface area contributed by atoms with Gasteiger partial charge in [-0.2, -0.15) is 0 Å². The number of benzene rings is 1. The Balaban J connectivity index is 0.000000581. The first-order valence-electron chi connectivity index (χ1n) is 5.90. The molecule has 0 fully saturated rings. The minimum absolute atomic E-state index is 0.249. The van der Waals surface area contributed by atoms with Gasteiger partial charge >= 0.3 is 0 Å². The van der Waals surface area contributed by atoms with E-state index in [1.54, 1.807) is 23.0 Å². The van der Waals surface area contributed by atoms with Crippen LogP contribution in [-0.2, 0) is 0 Å². The fraction of sp³-hybridized carbons (Fsp3) is 0.385. The lowest BCUT2D eigenvalue weighted by molar-refractivity contribution is 0.626. The average Bonchev–Trinajstić information content (AvgIpc) is 2.82. The van der Waals surface area contributed by atoms with Crippen molar-refractivity contribution in [3.05, 3.63) is 42.0 Å². The molecule has 0 radical (unpaired) electrons. The average molecular weight is 237 g/mol. The Morgan fingerprint density at radius 3 is 1.94 bits per heavy atom. The maximum atomic E-state index is 12.6. The fourth-order valence-corrected chi connectivity index (χ4v) is 1.07. The Labute approximate surface area is 102 Å². The second-order valence-corrected chi connectivity index (χ2v) is 2.78. The first kappa shape index (κ1) is 15.3. The third kappa shape index (κ3) is 4.76. The minimum Gasteiger partial charge on any atom is -0.220 e. The molecule has 0 N–H and O–H groups in total. The van der Waals surface area contributed by atoms with E-state index >= 15 is 0 Å². The zero-order valence-electron chi connectivity index (χ0n) is 11.1. The van der Waals surface area contributed by atoms with Crippen molar-refractivity contribution in [2.45, 2.75) is 34.6 Å². The van der Waals surface area contributed by atoms with Gasteiger partial charge in [-0.3, -0.25) is 0 Å². The van der Waals surface area contributed by atoms with Crippen LogP contribution in [0, 0.1) is 12.7 Å². The summed E-state index contributed by atoms with van der Waals surface area (Å²) in [5, 5.41) is 7.69. The molecule has 1 aromatic heterocycles. The van der Waals surface area contributed by atoms with Gasteiger partial charge in [-0.15, -0.1) is 5.10 Å². The van der Waals surface area contributed by atoms with Gasteiger partial charge in [0.1, 0.15) is 5.82 Å². The van der Waals surface area contributed by atoms with Crippen LogP contribution in [0.3, 0.4) is 0 Å². The summed E-state index contributed by atoms with van der Waals surface area (Å²) in [7, 11) is 0. The van der Waals surface area contributed by atoms with Gasteiger partial charge in [-0.1, -0.05) is 32.9 Å². The lowest BCUT2D eigenvalue weighted by atomic mass is 10.3. The molecule has 3 nitrogen and oxygen atoms in total. The molecule has 0 aliphatic carbocycles. The highest BCUT2D eigenvalue weighted by atomic mass is 19.1. The highest BCUT2D eigenvalue weighted by Gasteiger charge is 1.98. The fourth-order valence-electron chi connectivity index (χ4n) is 1.07. The van der Waals surface area contributed by atoms with Gasteiger partial charge in [0, 0.05) is 0 Å². The van der Waals surface area contributed by atoms with Crippen molar-refractivity contribution < 1.29 is 4.39 Å². The molecule has 1 aromatic carbocycles. The SMILES string of the molecule is CC.CC.Cc1cn(-c2ccc(F)cc2)nn1. The van der Waals surface area contributed by atoms with Crippen LogP contribution in [0.5, 0.6) is 0 Å². The van der Waals surface area contributed by atoms with Crippen molar-refractivity contribution in [3.8, 4) is 5.69 Å². The standard InChI is InChI=1S/C9H8FN3.2C2H6/c1-7-6-13(12-11-7)9-4-2-8(10)3-5-9;2*1-2/h2-6H,1H3;2*1-2H3. The first-order valence-corrected chi connectivity index (χ1v) is 5.90. The van der Waals surface area contributed by atoms with Crippen molar-refractivity contribution in [1.29, 1.82) is 0 Å². The summed E-state index contributed by atoms with van der Waals surface area (Å²) in [6.45, 7) is 9.85. The molecule has 0 aliphatic rings. The number of rotatable bonds is 1. The Kier molecular flexibility index (Phi) is 7.59. The highest BCUT2D eigenvalue weighted by Crippen LogP contribution is 2.07. The second-order valence-electron chi connectivity index (χ2n) is 2.78. The predicted octanol–water partition coefficient (Wildman–Crippen LogP) is 3.77. The number of hydrogen-bond acceptors (Lipinski definition) is 2. The molecule has 1 heterocycles. The summed E-state index contributed by atoms with van der Waals surface area (Å²) in [5.74, 6) is -0.249. The molecule has 0 saturated carbocycles. The summed E-state index contributed by atoms with van der Waals surface area (Å²) < 4.78 is 14.2. The molecule has 0 saturated heterocycles. The normalized spacial score (nSPS) is 8.59. The van der Waals surface area contributed by atoms with E-state index in [-0.39, 0.29) is 5.82 Å². The van der Waals surface area contributed by atoms with Crippen LogP contribution in [-0.4, -0.2) is 15.0 Å². The molecule has 0 unspecified atom stereocenters. The maximum absolute atomic E-state index is 12.6. The molecular weight excluding hydrogens is 217 g/mol. The molecule has 0 atom stereocenters. The van der Waals surface area contributed by atoms with Crippen LogP contribution in [0.25, 0.3) is 5.69 Å². The Morgan fingerprint density at radius 2 is 1.53 bits per heavy atom. The maximum Gasteiger partial charge on any atom is 0.123 e. The molecule has 2 rings (SSSR count). The largest absolute Gasteiger partial charge is 0.220 e. The minimum atomic E-state index is -0.249. The van der Waals surface area contributed by atoms with E-state index in [2.05, 4.69) is 10.3 Å². The molecule has 0 bridgehead atoms. The van der Waals surface area contributed by atoms with Crippen molar-refractivity contribution in [1.82, 2.24) is 15.0 Å². The van der Waals surface area contributed by atoms with E-state index in [0.29, 0.717) is 0 Å². The van der Waals surface area contributed by atoms with E-state index < -0.39 is 0 Å². The molecule has 2 aromatic rings. The van der Waals surface area contributed by atoms with Gasteiger partial charge in [-0.05, 0) is 31.2 Å². The highest BCUT2D eigenvalue weighted by molar-refractivity contribution is 5.30. The quantitative estimate of drug-likeness (QED) is 0.756. The van der Waals surface area contributed by atoms with Crippen LogP contribution in [0.1, 0.15) is 33.4 Å². The Hall–Kier alpha value is -1.71. The molecule has 4 heteroatoms. The van der Waals surface area contributed by atoms with E-state index in [1.165, 1.54) is 12.1 Å². The predicted molar refractivity (Wildman–Crippen MR) is 68.8 cm³/mol. The second kappa shape index (κ2) is 8.44. The smallest absolute Gasteiger partial charge is 0.123 e. The van der Waals surface area contributed by atoms with Crippen molar-refractivity contribution in [2.24, 2.45) is 0 Å². The van der Waals surface area contributed by atoms with Crippen LogP contribution < -0.4 is 0 Å². The molecular formula is C13H20FN3. The van der Waals surface area contributed by atoms with Gasteiger partial charge in [0.25, 0.3) is 0 Å². The third-order valence-corrected chi connectivity index (χ3v) is 1.70. The summed E-state index contributed by atoms with van der Waals surface area (Å²) >= 11 is 0. The first-order chi connectivity index (χ1) is 8.25. The lowest BCUT2D eigenvalue weighted by Gasteiger charge is -1.97. The molecule has 17 heavy (non-hydrogen) atoms. The van der Waals surface area contributed by atoms with Gasteiger partial charge in [-0.25, -0.2) is 9.07 Å². The number of hydrogen-bond donors (Lipinski definition) is 0. The van der Waals surface area contributed by atoms with E-state index in [1.807, 2.05) is 34.6 Å². The van der Waals surface area contributed by atoms with Gasteiger partial charge in [0.15, 0.2) is 0 Å². The van der Waals surface area contributed by atoms with Gasteiger partial charge < -0.3 is 0 Å². The molecule has 0 spiro atoms. The van der Waals surface area contributed by atoms with Crippen LogP contribution in [0.2, 0.25) is 0 Å². The van der Waals surface area contributed by atoms with E-state index in [9.17, 15) is 4.39 Å². The lowest BCUT2D eigenvalue weighted by Crippen LogP contribution is -1.94. The number of aromatic nitrogens is 3. The van der Waals surface area contributed by atoms with Crippen LogP contribution in [0.15, 0.2) is 30.5 Å². The molecule has 94 valence electrons. The zero-order valence-corrected chi connectivity index (χ0v) is 11.1. The molecule has 0 aliphatic heterocycles. The number of nitrogens with zero attached hydrogens (tertiary/aromatic N) is 3. The zero-order chi connectivity index (χ0) is 13.3. The monoisotopic (exact) mass is 237 g/mol. The Morgan fingerprint density at radius 1 is 1.00 bits per heavy atom. The Bertz CT molecular complexity index is 407. The number of aryl methyl sites for hydroxylation is 1. The summed E-state index contributed by atoms with van der Waals surface area (Å²) in [6.07, 6.45) is 1.78. The van der Waals surface area contributed by atoms with Crippen LogP contribution >= 0.6 is 0 Å². The van der Waals surface area contributed by atoms with Gasteiger partial charge in [0.05, 0.1) is 17.6 Å². The topological polar surface area (TPSA) is 30.7 Å². The van der Waals surface area contributed by atoms with Crippen molar-refractivity contribution >= 4 is 0 Å². The van der Waals surface area contributed by atoms with E-state index in [4.69, 9.17) is 0 Å². The molecule has 0 amide bonds.